The van der Waals surface area contributed by atoms with E-state index in [0.717, 1.165) is 0 Å². The van der Waals surface area contributed by atoms with Gasteiger partial charge < -0.3 is 4.74 Å². The van der Waals surface area contributed by atoms with E-state index in [4.69, 9.17) is 0 Å². The van der Waals surface area contributed by atoms with E-state index in [0.29, 0.717) is 5.56 Å². The first-order valence-electron chi connectivity index (χ1n) is 4.52. The zero-order valence-electron chi connectivity index (χ0n) is 8.21. The van der Waals surface area contributed by atoms with Crippen molar-refractivity contribution < 1.29 is 17.9 Å². The highest BCUT2D eigenvalue weighted by molar-refractivity contribution is 5.50. The molecule has 0 amide bonds. The molecule has 0 N–H and O–H groups in total. The molecule has 1 aromatic rings. The molecule has 0 aromatic heterocycles. The maximum atomic E-state index is 11.9. The van der Waals surface area contributed by atoms with Crippen LogP contribution in [0.2, 0.25) is 0 Å². The molecule has 4 heteroatoms. The second kappa shape index (κ2) is 4.87. The summed E-state index contributed by atoms with van der Waals surface area (Å²) in [7, 11) is 0. The molecule has 0 aliphatic rings. The van der Waals surface area contributed by atoms with E-state index in [1.54, 1.807) is 37.3 Å². The number of benzene rings is 1. The molecule has 0 spiro atoms. The average Bonchev–Trinajstić information content (AvgIpc) is 2.16. The molecule has 0 fully saturated rings. The fourth-order valence-corrected chi connectivity index (χ4v) is 1.09. The van der Waals surface area contributed by atoms with Gasteiger partial charge in [0.05, 0.1) is 0 Å². The van der Waals surface area contributed by atoms with E-state index >= 15 is 0 Å². The summed E-state index contributed by atoms with van der Waals surface area (Å²) in [5.41, 5.74) is 0.693. The molecule has 0 bridgehead atoms. The molecular weight excluding hydrogens is 205 g/mol. The SMILES string of the molecule is CCC(=Cc1ccccc1)OC(F)(F)F. The number of alkyl halides is 3. The Morgan fingerprint density at radius 3 is 2.33 bits per heavy atom. The predicted octanol–water partition coefficient (Wildman–Crippen LogP) is 3.97. The Morgan fingerprint density at radius 1 is 1.27 bits per heavy atom. The monoisotopic (exact) mass is 216 g/mol. The molecule has 0 heterocycles. The third kappa shape index (κ3) is 4.54. The van der Waals surface area contributed by atoms with Crippen LogP contribution in [0.25, 0.3) is 6.08 Å². The Morgan fingerprint density at radius 2 is 1.87 bits per heavy atom. The summed E-state index contributed by atoms with van der Waals surface area (Å²) in [6, 6.07) is 8.75. The van der Waals surface area contributed by atoms with Gasteiger partial charge in [-0.1, -0.05) is 37.3 Å². The Kier molecular flexibility index (Phi) is 3.77. The molecule has 1 aromatic carbocycles. The van der Waals surface area contributed by atoms with Crippen LogP contribution in [0.4, 0.5) is 13.2 Å². The molecule has 0 aliphatic carbocycles. The smallest absolute Gasteiger partial charge is 0.410 e. The Balaban J connectivity index is 2.79. The van der Waals surface area contributed by atoms with E-state index in [1.807, 2.05) is 0 Å². The molecule has 0 saturated heterocycles. The molecule has 0 aliphatic heterocycles. The molecule has 0 atom stereocenters. The van der Waals surface area contributed by atoms with E-state index in [1.165, 1.54) is 6.08 Å². The first kappa shape index (κ1) is 11.6. The molecule has 15 heavy (non-hydrogen) atoms. The topological polar surface area (TPSA) is 9.23 Å². The lowest BCUT2D eigenvalue weighted by Crippen LogP contribution is -2.12. The van der Waals surface area contributed by atoms with Gasteiger partial charge >= 0.3 is 6.36 Å². The van der Waals surface area contributed by atoms with Gasteiger partial charge in [0.15, 0.2) is 0 Å². The van der Waals surface area contributed by atoms with Crippen molar-refractivity contribution in [3.8, 4) is 0 Å². The second-order valence-corrected chi connectivity index (χ2v) is 2.92. The summed E-state index contributed by atoms with van der Waals surface area (Å²) in [5.74, 6) is -0.0892. The quantitative estimate of drug-likeness (QED) is 0.694. The largest absolute Gasteiger partial charge is 0.572 e. The molecule has 1 nitrogen and oxygen atoms in total. The number of hydrogen-bond acceptors (Lipinski definition) is 1. The van der Waals surface area contributed by atoms with Crippen molar-refractivity contribution in [1.82, 2.24) is 0 Å². The molecular formula is C11H11F3O. The zero-order valence-corrected chi connectivity index (χ0v) is 8.21. The molecule has 0 saturated carbocycles. The zero-order chi connectivity index (χ0) is 11.3. The molecule has 82 valence electrons. The van der Waals surface area contributed by atoms with Gasteiger partial charge in [-0.3, -0.25) is 0 Å². The summed E-state index contributed by atoms with van der Waals surface area (Å²) in [5, 5.41) is 0. The van der Waals surface area contributed by atoms with Gasteiger partial charge in [0.25, 0.3) is 0 Å². The average molecular weight is 216 g/mol. The van der Waals surface area contributed by atoms with Crippen molar-refractivity contribution in [3.05, 3.63) is 41.7 Å². The summed E-state index contributed by atoms with van der Waals surface area (Å²) < 4.78 is 39.6. The van der Waals surface area contributed by atoms with Crippen molar-refractivity contribution in [2.24, 2.45) is 0 Å². The summed E-state index contributed by atoms with van der Waals surface area (Å²) in [6.07, 6.45) is -3.03. The number of hydrogen-bond donors (Lipinski definition) is 0. The van der Waals surface area contributed by atoms with Crippen molar-refractivity contribution >= 4 is 6.08 Å². The number of rotatable bonds is 3. The number of ether oxygens (including phenoxy) is 1. The first-order valence-corrected chi connectivity index (χ1v) is 4.52. The van der Waals surface area contributed by atoms with E-state index in [2.05, 4.69) is 4.74 Å². The lowest BCUT2D eigenvalue weighted by Gasteiger charge is -2.10. The fraction of sp³-hybridized carbons (Fsp3) is 0.273. The van der Waals surface area contributed by atoms with E-state index in [-0.39, 0.29) is 12.2 Å². The predicted molar refractivity (Wildman–Crippen MR) is 51.9 cm³/mol. The third-order valence-electron chi connectivity index (χ3n) is 1.72. The molecule has 0 unspecified atom stereocenters. The minimum Gasteiger partial charge on any atom is -0.410 e. The Bertz CT molecular complexity index is 327. The van der Waals surface area contributed by atoms with Crippen LogP contribution in [-0.2, 0) is 4.74 Å². The van der Waals surface area contributed by atoms with Crippen LogP contribution < -0.4 is 0 Å². The highest BCUT2D eigenvalue weighted by Crippen LogP contribution is 2.23. The first-order chi connectivity index (χ1) is 7.01. The normalized spacial score (nSPS) is 12.7. The van der Waals surface area contributed by atoms with Crippen LogP contribution in [0.5, 0.6) is 0 Å². The standard InChI is InChI=1S/C11H11F3O/c1-2-10(15-11(12,13)14)8-9-6-4-3-5-7-9/h3-8H,2H2,1H3. The van der Waals surface area contributed by atoms with Gasteiger partial charge in [0.1, 0.15) is 5.76 Å². The third-order valence-corrected chi connectivity index (χ3v) is 1.72. The van der Waals surface area contributed by atoms with Crippen LogP contribution in [0, 0.1) is 0 Å². The summed E-state index contributed by atoms with van der Waals surface area (Å²) in [4.78, 5) is 0. The second-order valence-electron chi connectivity index (χ2n) is 2.92. The van der Waals surface area contributed by atoms with E-state index < -0.39 is 6.36 Å². The Labute approximate surface area is 86.2 Å². The van der Waals surface area contributed by atoms with Gasteiger partial charge in [-0.2, -0.15) is 0 Å². The lowest BCUT2D eigenvalue weighted by molar-refractivity contribution is -0.305. The number of allylic oxidation sites excluding steroid dienone is 1. The molecule has 0 radical (unpaired) electrons. The fourth-order valence-electron chi connectivity index (χ4n) is 1.09. The maximum absolute atomic E-state index is 11.9. The van der Waals surface area contributed by atoms with Gasteiger partial charge in [0, 0.05) is 6.42 Å². The van der Waals surface area contributed by atoms with Crippen molar-refractivity contribution in [3.63, 3.8) is 0 Å². The number of halogens is 3. The molecule has 1 rings (SSSR count). The minimum atomic E-state index is -4.61. The van der Waals surface area contributed by atoms with Crippen LogP contribution in [0.15, 0.2) is 36.1 Å². The van der Waals surface area contributed by atoms with Crippen LogP contribution >= 0.6 is 0 Å². The maximum Gasteiger partial charge on any atom is 0.572 e. The highest BCUT2D eigenvalue weighted by atomic mass is 19.4. The Hall–Kier alpha value is -1.45. The summed E-state index contributed by atoms with van der Waals surface area (Å²) in [6.45, 7) is 1.61. The van der Waals surface area contributed by atoms with Gasteiger partial charge in [-0.15, -0.1) is 13.2 Å². The van der Waals surface area contributed by atoms with Crippen molar-refractivity contribution in [1.29, 1.82) is 0 Å². The van der Waals surface area contributed by atoms with E-state index in [9.17, 15) is 13.2 Å². The lowest BCUT2D eigenvalue weighted by atomic mass is 10.2. The minimum absolute atomic E-state index is 0.0892. The summed E-state index contributed by atoms with van der Waals surface area (Å²) >= 11 is 0. The van der Waals surface area contributed by atoms with Crippen LogP contribution in [-0.4, -0.2) is 6.36 Å². The van der Waals surface area contributed by atoms with Crippen LogP contribution in [0.1, 0.15) is 18.9 Å². The van der Waals surface area contributed by atoms with Crippen LogP contribution in [0.3, 0.4) is 0 Å². The van der Waals surface area contributed by atoms with Gasteiger partial charge in [0.2, 0.25) is 0 Å². The van der Waals surface area contributed by atoms with Crippen molar-refractivity contribution in [2.45, 2.75) is 19.7 Å². The highest BCUT2D eigenvalue weighted by Gasteiger charge is 2.31. The van der Waals surface area contributed by atoms with Crippen molar-refractivity contribution in [2.75, 3.05) is 0 Å². The van der Waals surface area contributed by atoms with Gasteiger partial charge in [-0.25, -0.2) is 0 Å². The van der Waals surface area contributed by atoms with Gasteiger partial charge in [-0.05, 0) is 11.6 Å².